The summed E-state index contributed by atoms with van der Waals surface area (Å²) in [5, 5.41) is 0.302. The quantitative estimate of drug-likeness (QED) is 0.419. The van der Waals surface area contributed by atoms with E-state index in [0.29, 0.717) is 5.21 Å². The Hall–Kier alpha value is -3.30. The van der Waals surface area contributed by atoms with Gasteiger partial charge in [-0.2, -0.15) is 0 Å². The van der Waals surface area contributed by atoms with Crippen LogP contribution >= 0.6 is 0 Å². The van der Waals surface area contributed by atoms with Gasteiger partial charge in [0.15, 0.2) is 0 Å². The number of hydrogen-bond donors (Lipinski definition) is 0. The van der Waals surface area contributed by atoms with Gasteiger partial charge < -0.3 is 0 Å². The van der Waals surface area contributed by atoms with Crippen LogP contribution in [0.5, 0.6) is 0 Å². The molecule has 0 aliphatic carbocycles. The molecule has 0 aromatic heterocycles. The SMILES string of the molecule is CN1C(=O)[C+](C[As-](c2ccccc2)(c2ccccc2)c2ccccc2)C(=O)N(C)C1=O. The maximum atomic E-state index is 13.1. The summed E-state index contributed by atoms with van der Waals surface area (Å²) in [5.41, 5.74) is 0. The first-order valence-electron chi connectivity index (χ1n) is 9.97. The minimum atomic E-state index is -3.30. The summed E-state index contributed by atoms with van der Waals surface area (Å²) in [6.45, 7) is 0. The van der Waals surface area contributed by atoms with Gasteiger partial charge in [-0.05, 0) is 0 Å². The Balaban J connectivity index is 1.96. The fourth-order valence-electron chi connectivity index (χ4n) is 4.04. The number of urea groups is 1. The second-order valence-corrected chi connectivity index (χ2v) is 14.8. The van der Waals surface area contributed by atoms with Crippen molar-refractivity contribution in [3.05, 3.63) is 96.9 Å². The van der Waals surface area contributed by atoms with Gasteiger partial charge in [-0.15, -0.1) is 0 Å². The van der Waals surface area contributed by atoms with Crippen molar-refractivity contribution in [3.63, 3.8) is 0 Å². The zero-order chi connectivity index (χ0) is 22.0. The van der Waals surface area contributed by atoms with Gasteiger partial charge in [0.25, 0.3) is 0 Å². The molecule has 3 aromatic rings. The number of rotatable bonds is 5. The number of nitrogens with zero attached hydrogens (tertiary/aromatic N) is 2. The molecule has 31 heavy (non-hydrogen) atoms. The standard InChI is InChI=1S/C25H23AsN2O3/c1-27-23(29)22(24(30)28(2)25(27)31)18-26(19-12-6-3-7-13-19,20-14-8-4-9-15-20)21-16-10-5-11-17-21/h3-17H,18H2,1-2H3. The molecule has 4 rings (SSSR count). The van der Waals surface area contributed by atoms with Gasteiger partial charge in [0.05, 0.1) is 0 Å². The zero-order valence-electron chi connectivity index (χ0n) is 17.4. The van der Waals surface area contributed by atoms with E-state index < -0.39 is 31.4 Å². The van der Waals surface area contributed by atoms with Crippen LogP contribution in [0.2, 0.25) is 5.21 Å². The van der Waals surface area contributed by atoms with Gasteiger partial charge in [0, 0.05) is 0 Å². The number of benzene rings is 3. The summed E-state index contributed by atoms with van der Waals surface area (Å²) in [4.78, 5) is 40.6. The molecule has 0 saturated carbocycles. The number of carbonyl (C=O) groups excluding carboxylic acids is 3. The van der Waals surface area contributed by atoms with Crippen molar-refractivity contribution >= 4 is 44.5 Å². The van der Waals surface area contributed by atoms with Gasteiger partial charge in [0.1, 0.15) is 0 Å². The minimum absolute atomic E-state index is 0.161. The van der Waals surface area contributed by atoms with Crippen molar-refractivity contribution in [3.8, 4) is 0 Å². The van der Waals surface area contributed by atoms with Crippen molar-refractivity contribution in [1.29, 1.82) is 0 Å². The summed E-state index contributed by atoms with van der Waals surface area (Å²) >= 11 is -3.30. The number of imide groups is 2. The van der Waals surface area contributed by atoms with E-state index in [9.17, 15) is 14.4 Å². The molecule has 1 aliphatic heterocycles. The van der Waals surface area contributed by atoms with E-state index in [4.69, 9.17) is 0 Å². The third-order valence-corrected chi connectivity index (χ3v) is 14.8. The first kappa shape index (κ1) is 21.0. The van der Waals surface area contributed by atoms with E-state index in [1.807, 2.05) is 54.6 Å². The summed E-state index contributed by atoms with van der Waals surface area (Å²) in [7, 11) is 2.85. The first-order valence-corrected chi connectivity index (χ1v) is 14.1. The van der Waals surface area contributed by atoms with E-state index in [0.717, 1.165) is 22.9 Å². The van der Waals surface area contributed by atoms with Gasteiger partial charge in [-0.3, -0.25) is 0 Å². The van der Waals surface area contributed by atoms with Crippen LogP contribution in [0.4, 0.5) is 4.79 Å². The molecule has 6 heteroatoms. The molecular formula is C25H23AsN2O3. The van der Waals surface area contributed by atoms with E-state index in [1.165, 1.54) is 14.1 Å². The van der Waals surface area contributed by atoms with Crippen LogP contribution in [0.15, 0.2) is 91.0 Å². The van der Waals surface area contributed by atoms with E-state index in [1.54, 1.807) is 0 Å². The summed E-state index contributed by atoms with van der Waals surface area (Å²) in [6, 6.07) is 29.8. The van der Waals surface area contributed by atoms with Crippen molar-refractivity contribution in [1.82, 2.24) is 9.80 Å². The second kappa shape index (κ2) is 8.44. The van der Waals surface area contributed by atoms with Crippen molar-refractivity contribution in [2.24, 2.45) is 0 Å². The number of hydrogen-bond acceptors (Lipinski definition) is 3. The Bertz CT molecular complexity index is 983. The molecule has 0 atom stereocenters. The Morgan fingerprint density at radius 2 is 0.935 bits per heavy atom. The Morgan fingerprint density at radius 3 is 1.26 bits per heavy atom. The predicted octanol–water partition coefficient (Wildman–Crippen LogP) is 1.78. The normalized spacial score (nSPS) is 15.4. The molecule has 1 aliphatic rings. The average Bonchev–Trinajstić information content (AvgIpc) is 2.83. The molecule has 0 N–H and O–H groups in total. The summed E-state index contributed by atoms with van der Waals surface area (Å²) in [6.07, 6.45) is 0. The molecule has 1 saturated heterocycles. The fourth-order valence-corrected chi connectivity index (χ4v) is 12.9. The molecule has 0 bridgehead atoms. The van der Waals surface area contributed by atoms with E-state index >= 15 is 0 Å². The van der Waals surface area contributed by atoms with Crippen molar-refractivity contribution in [2.45, 2.75) is 5.21 Å². The van der Waals surface area contributed by atoms with Crippen LogP contribution < -0.4 is 13.1 Å². The molecule has 0 unspecified atom stereocenters. The molecule has 156 valence electrons. The number of amides is 4. The van der Waals surface area contributed by atoms with Crippen LogP contribution in [-0.2, 0) is 9.59 Å². The third kappa shape index (κ3) is 3.55. The molecule has 0 spiro atoms. The predicted molar refractivity (Wildman–Crippen MR) is 123 cm³/mol. The monoisotopic (exact) mass is 474 g/mol. The Morgan fingerprint density at radius 1 is 0.613 bits per heavy atom. The van der Waals surface area contributed by atoms with E-state index in [-0.39, 0.29) is 5.92 Å². The average molecular weight is 474 g/mol. The van der Waals surface area contributed by atoms with Crippen LogP contribution in [0.1, 0.15) is 0 Å². The van der Waals surface area contributed by atoms with Gasteiger partial charge in [-0.25, -0.2) is 0 Å². The molecule has 0 radical (unpaired) electrons. The molecule has 1 heterocycles. The molecule has 3 aromatic carbocycles. The second-order valence-electron chi connectivity index (χ2n) is 7.46. The van der Waals surface area contributed by atoms with Crippen LogP contribution in [0.3, 0.4) is 0 Å². The summed E-state index contributed by atoms with van der Waals surface area (Å²) in [5.74, 6) is -0.864. The van der Waals surface area contributed by atoms with Gasteiger partial charge in [0.2, 0.25) is 0 Å². The van der Waals surface area contributed by atoms with Crippen LogP contribution in [-0.4, -0.2) is 55.3 Å². The van der Waals surface area contributed by atoms with E-state index in [2.05, 4.69) is 36.4 Å². The fraction of sp³-hybridized carbons (Fsp3) is 0.120. The van der Waals surface area contributed by atoms with Gasteiger partial charge in [-0.1, -0.05) is 0 Å². The maximum absolute atomic E-state index is 13.1. The zero-order valence-corrected chi connectivity index (χ0v) is 19.3. The van der Waals surface area contributed by atoms with Crippen molar-refractivity contribution < 1.29 is 14.4 Å². The summed E-state index contributed by atoms with van der Waals surface area (Å²) < 4.78 is 3.40. The van der Waals surface area contributed by atoms with Crippen LogP contribution in [0.25, 0.3) is 0 Å². The Labute approximate surface area is 184 Å². The molecule has 5 nitrogen and oxygen atoms in total. The Kier molecular flexibility index (Phi) is 5.71. The first-order chi connectivity index (χ1) is 15.0. The molecular weight excluding hydrogens is 451 g/mol. The van der Waals surface area contributed by atoms with Crippen molar-refractivity contribution in [2.75, 3.05) is 14.1 Å². The molecule has 1 fully saturated rings. The molecule has 4 amide bonds. The topological polar surface area (TPSA) is 57.7 Å². The number of carbonyl (C=O) groups is 3. The number of barbiturate groups is 1. The van der Waals surface area contributed by atoms with Gasteiger partial charge >= 0.3 is 185 Å². The third-order valence-electron chi connectivity index (χ3n) is 5.69. The van der Waals surface area contributed by atoms with Crippen LogP contribution in [0, 0.1) is 5.92 Å².